The number of unbranched alkanes of at least 4 members (excludes halogenated alkanes) is 1. The predicted octanol–water partition coefficient (Wildman–Crippen LogP) is 2.11. The van der Waals surface area contributed by atoms with Crippen LogP contribution in [0, 0.1) is 0 Å². The molecule has 82 valence electrons. The van der Waals surface area contributed by atoms with Gasteiger partial charge in [-0.05, 0) is 12.8 Å². The molecule has 0 unspecified atom stereocenters. The van der Waals surface area contributed by atoms with Crippen molar-refractivity contribution in [2.45, 2.75) is 40.0 Å². The van der Waals surface area contributed by atoms with Crippen molar-refractivity contribution in [2.24, 2.45) is 0 Å². The second-order valence-electron chi connectivity index (χ2n) is 3.32. The smallest absolute Gasteiger partial charge is 0.260 e. The maximum atomic E-state index is 11.5. The van der Waals surface area contributed by atoms with Gasteiger partial charge in [-0.2, -0.15) is 0 Å². The fraction of sp³-hybridized carbons (Fsp3) is 0.727. The lowest BCUT2D eigenvalue weighted by Gasteiger charge is -2.19. The lowest BCUT2D eigenvalue weighted by molar-refractivity contribution is -0.122. The molecule has 0 atom stereocenters. The Kier molecular flexibility index (Phi) is 7.11. The van der Waals surface area contributed by atoms with Crippen molar-refractivity contribution in [1.29, 1.82) is 0 Å². The largest absolute Gasteiger partial charge is 0.285 e. The van der Waals surface area contributed by atoms with Gasteiger partial charge in [0.1, 0.15) is 0 Å². The molecule has 0 aromatic heterocycles. The number of hydrogen-bond donors (Lipinski definition) is 1. The molecule has 0 aliphatic heterocycles. The minimum absolute atomic E-state index is 0.0397. The van der Waals surface area contributed by atoms with Crippen molar-refractivity contribution in [1.82, 2.24) is 10.4 Å². The van der Waals surface area contributed by atoms with Crippen LogP contribution in [-0.4, -0.2) is 24.0 Å². The van der Waals surface area contributed by atoms with Crippen molar-refractivity contribution in [3.8, 4) is 0 Å². The van der Waals surface area contributed by atoms with E-state index in [0.29, 0.717) is 5.57 Å². The molecule has 0 spiro atoms. The van der Waals surface area contributed by atoms with Crippen LogP contribution >= 0.6 is 0 Å². The van der Waals surface area contributed by atoms with E-state index in [1.54, 1.807) is 0 Å². The van der Waals surface area contributed by atoms with Crippen molar-refractivity contribution in [2.75, 3.05) is 13.1 Å². The third-order valence-electron chi connectivity index (χ3n) is 2.18. The lowest BCUT2D eigenvalue weighted by Crippen LogP contribution is -2.42. The van der Waals surface area contributed by atoms with Crippen LogP contribution in [0.5, 0.6) is 0 Å². The summed E-state index contributed by atoms with van der Waals surface area (Å²) in [4.78, 5) is 11.5. The molecule has 0 aromatic carbocycles. The first-order valence-corrected chi connectivity index (χ1v) is 5.39. The first-order valence-electron chi connectivity index (χ1n) is 5.39. The first kappa shape index (κ1) is 13.2. The fourth-order valence-electron chi connectivity index (χ4n) is 1.11. The normalized spacial score (nSPS) is 10.3. The molecule has 0 heterocycles. The Balaban J connectivity index is 3.87. The van der Waals surface area contributed by atoms with Crippen molar-refractivity contribution in [3.63, 3.8) is 0 Å². The molecule has 0 rings (SSSR count). The zero-order chi connectivity index (χ0) is 11.0. The predicted molar refractivity (Wildman–Crippen MR) is 59.7 cm³/mol. The molecule has 0 aliphatic carbocycles. The first-order chi connectivity index (χ1) is 6.65. The highest BCUT2D eigenvalue weighted by Gasteiger charge is 2.08. The van der Waals surface area contributed by atoms with Crippen LogP contribution in [0.25, 0.3) is 0 Å². The summed E-state index contributed by atoms with van der Waals surface area (Å²) in [6, 6.07) is 0. The summed E-state index contributed by atoms with van der Waals surface area (Å²) in [5.41, 5.74) is 3.50. The Bertz CT molecular complexity index is 186. The second-order valence-corrected chi connectivity index (χ2v) is 3.32. The number of rotatable bonds is 7. The monoisotopic (exact) mass is 198 g/mol. The molecule has 0 aliphatic rings. The van der Waals surface area contributed by atoms with Gasteiger partial charge in [0.15, 0.2) is 0 Å². The lowest BCUT2D eigenvalue weighted by atomic mass is 10.1. The molecular weight excluding hydrogens is 176 g/mol. The van der Waals surface area contributed by atoms with Gasteiger partial charge in [-0.3, -0.25) is 10.2 Å². The second kappa shape index (κ2) is 7.56. The number of carbonyl (C=O) groups is 1. The highest BCUT2D eigenvalue weighted by Crippen LogP contribution is 2.04. The average Bonchev–Trinajstić information content (AvgIpc) is 2.21. The Labute approximate surface area is 87.1 Å². The molecule has 0 aromatic rings. The quantitative estimate of drug-likeness (QED) is 0.502. The highest BCUT2D eigenvalue weighted by molar-refractivity contribution is 5.92. The Morgan fingerprint density at radius 3 is 2.29 bits per heavy atom. The summed E-state index contributed by atoms with van der Waals surface area (Å²) in [7, 11) is 0. The maximum absolute atomic E-state index is 11.5. The standard InChI is InChI=1S/C11H22N2O/c1-5-8-9-10(4)11(14)12-13(6-2)7-3/h4-9H2,1-3H3,(H,12,14). The van der Waals surface area contributed by atoms with Gasteiger partial charge in [0.25, 0.3) is 5.91 Å². The maximum Gasteiger partial charge on any atom is 0.260 e. The van der Waals surface area contributed by atoms with E-state index < -0.39 is 0 Å². The van der Waals surface area contributed by atoms with E-state index in [2.05, 4.69) is 18.9 Å². The van der Waals surface area contributed by atoms with Gasteiger partial charge in [-0.25, -0.2) is 5.01 Å². The molecule has 3 nitrogen and oxygen atoms in total. The zero-order valence-corrected chi connectivity index (χ0v) is 9.60. The van der Waals surface area contributed by atoms with Gasteiger partial charge in [-0.15, -0.1) is 0 Å². The summed E-state index contributed by atoms with van der Waals surface area (Å²) in [5, 5.41) is 1.87. The number of hydrazine groups is 1. The van der Waals surface area contributed by atoms with Gasteiger partial charge < -0.3 is 0 Å². The molecule has 3 heteroatoms. The number of carbonyl (C=O) groups excluding carboxylic acids is 1. The third-order valence-corrected chi connectivity index (χ3v) is 2.18. The Morgan fingerprint density at radius 2 is 1.86 bits per heavy atom. The summed E-state index contributed by atoms with van der Waals surface area (Å²) < 4.78 is 0. The van der Waals surface area contributed by atoms with Crippen LogP contribution in [-0.2, 0) is 4.79 Å². The van der Waals surface area contributed by atoms with Gasteiger partial charge >= 0.3 is 0 Å². The van der Waals surface area contributed by atoms with Crippen molar-refractivity contribution >= 4 is 5.91 Å². The van der Waals surface area contributed by atoms with Gasteiger partial charge in [-0.1, -0.05) is 33.8 Å². The zero-order valence-electron chi connectivity index (χ0n) is 9.60. The van der Waals surface area contributed by atoms with Gasteiger partial charge in [0, 0.05) is 18.7 Å². The number of hydrogen-bond acceptors (Lipinski definition) is 2. The molecule has 0 saturated carbocycles. The fourth-order valence-corrected chi connectivity index (χ4v) is 1.11. The number of nitrogens with one attached hydrogen (secondary N) is 1. The summed E-state index contributed by atoms with van der Waals surface area (Å²) in [5.74, 6) is -0.0397. The van der Waals surface area contributed by atoms with Crippen LogP contribution in [0.2, 0.25) is 0 Å². The van der Waals surface area contributed by atoms with Crippen LogP contribution in [0.15, 0.2) is 12.2 Å². The topological polar surface area (TPSA) is 32.3 Å². The Hall–Kier alpha value is -0.830. The SMILES string of the molecule is C=C(CCCC)C(=O)NN(CC)CC. The van der Waals surface area contributed by atoms with Crippen molar-refractivity contribution in [3.05, 3.63) is 12.2 Å². The molecule has 0 saturated heterocycles. The molecule has 0 fully saturated rings. The van der Waals surface area contributed by atoms with E-state index in [1.165, 1.54) is 0 Å². The van der Waals surface area contributed by atoms with Crippen LogP contribution in [0.4, 0.5) is 0 Å². The molecule has 0 radical (unpaired) electrons. The minimum atomic E-state index is -0.0397. The molecule has 1 N–H and O–H groups in total. The molecular formula is C11H22N2O. The molecule has 14 heavy (non-hydrogen) atoms. The van der Waals surface area contributed by atoms with Crippen LogP contribution < -0.4 is 5.43 Å². The molecule has 1 amide bonds. The summed E-state index contributed by atoms with van der Waals surface area (Å²) in [6.07, 6.45) is 2.92. The average molecular weight is 198 g/mol. The molecule has 0 bridgehead atoms. The van der Waals surface area contributed by atoms with Gasteiger partial charge in [0.2, 0.25) is 0 Å². The number of nitrogens with zero attached hydrogens (tertiary/aromatic N) is 1. The summed E-state index contributed by atoms with van der Waals surface area (Å²) >= 11 is 0. The van der Waals surface area contributed by atoms with E-state index in [4.69, 9.17) is 0 Å². The van der Waals surface area contributed by atoms with E-state index >= 15 is 0 Å². The van der Waals surface area contributed by atoms with Crippen LogP contribution in [0.3, 0.4) is 0 Å². The third kappa shape index (κ3) is 5.02. The van der Waals surface area contributed by atoms with E-state index in [0.717, 1.165) is 32.4 Å². The van der Waals surface area contributed by atoms with E-state index in [9.17, 15) is 4.79 Å². The van der Waals surface area contributed by atoms with Crippen LogP contribution in [0.1, 0.15) is 40.0 Å². The number of amides is 1. The highest BCUT2D eigenvalue weighted by atomic mass is 16.2. The van der Waals surface area contributed by atoms with Gasteiger partial charge in [0.05, 0.1) is 0 Å². The Morgan fingerprint density at radius 1 is 1.29 bits per heavy atom. The van der Waals surface area contributed by atoms with Crippen molar-refractivity contribution < 1.29 is 4.79 Å². The van der Waals surface area contributed by atoms with E-state index in [-0.39, 0.29) is 5.91 Å². The summed E-state index contributed by atoms with van der Waals surface area (Å²) in [6.45, 7) is 11.6. The minimum Gasteiger partial charge on any atom is -0.285 e. The van der Waals surface area contributed by atoms with E-state index in [1.807, 2.05) is 18.9 Å².